The molecule has 2 aromatic carbocycles. The standard InChI is InChI=1S/C21H14O4S/c22-20(13-17-7-4-10-26-17)24-16-9-8-15-11-18(14-5-2-1-3-6-14)21(23)25-19(15)12-16/h1-12H,13H2. The van der Waals surface area contributed by atoms with Crippen LogP contribution in [-0.4, -0.2) is 5.97 Å². The molecule has 0 saturated carbocycles. The van der Waals surface area contributed by atoms with E-state index in [2.05, 4.69) is 0 Å². The third-order valence-corrected chi connectivity index (χ3v) is 4.80. The van der Waals surface area contributed by atoms with Crippen LogP contribution in [0.15, 0.2) is 81.3 Å². The van der Waals surface area contributed by atoms with Crippen molar-refractivity contribution in [1.82, 2.24) is 0 Å². The average Bonchev–Trinajstić information content (AvgIpc) is 3.14. The van der Waals surface area contributed by atoms with Crippen LogP contribution in [0.4, 0.5) is 0 Å². The summed E-state index contributed by atoms with van der Waals surface area (Å²) in [6.45, 7) is 0. The molecule has 4 aromatic rings. The lowest BCUT2D eigenvalue weighted by molar-refractivity contribution is -0.133. The molecule has 0 amide bonds. The second-order valence-electron chi connectivity index (χ2n) is 5.74. The van der Waals surface area contributed by atoms with E-state index in [1.54, 1.807) is 24.3 Å². The monoisotopic (exact) mass is 362 g/mol. The van der Waals surface area contributed by atoms with Gasteiger partial charge >= 0.3 is 11.6 Å². The molecule has 0 unspecified atom stereocenters. The van der Waals surface area contributed by atoms with Crippen LogP contribution < -0.4 is 10.4 Å². The van der Waals surface area contributed by atoms with Gasteiger partial charge in [0.2, 0.25) is 0 Å². The maximum Gasteiger partial charge on any atom is 0.344 e. The van der Waals surface area contributed by atoms with Crippen molar-refractivity contribution >= 4 is 28.3 Å². The normalized spacial score (nSPS) is 10.8. The summed E-state index contributed by atoms with van der Waals surface area (Å²) in [6, 6.07) is 20.0. The maximum atomic E-state index is 12.3. The molecule has 128 valence electrons. The van der Waals surface area contributed by atoms with Gasteiger partial charge in [-0.1, -0.05) is 36.4 Å². The Morgan fingerprint density at radius 2 is 1.85 bits per heavy atom. The van der Waals surface area contributed by atoms with Crippen molar-refractivity contribution in [3.63, 3.8) is 0 Å². The van der Waals surface area contributed by atoms with Gasteiger partial charge in [-0.15, -0.1) is 11.3 Å². The summed E-state index contributed by atoms with van der Waals surface area (Å²) >= 11 is 1.51. The molecular weight excluding hydrogens is 348 g/mol. The number of rotatable bonds is 4. The van der Waals surface area contributed by atoms with E-state index in [1.165, 1.54) is 11.3 Å². The fourth-order valence-corrected chi connectivity index (χ4v) is 3.39. The van der Waals surface area contributed by atoms with E-state index in [-0.39, 0.29) is 12.4 Å². The number of ether oxygens (including phenoxy) is 1. The molecular formula is C21H14O4S. The minimum atomic E-state index is -0.425. The van der Waals surface area contributed by atoms with Crippen molar-refractivity contribution in [3.8, 4) is 16.9 Å². The number of carbonyl (C=O) groups is 1. The predicted octanol–water partition coefficient (Wildman–Crippen LogP) is 4.67. The second-order valence-corrected chi connectivity index (χ2v) is 6.78. The number of fused-ring (bicyclic) bond motifs is 1. The predicted molar refractivity (Wildman–Crippen MR) is 102 cm³/mol. The highest BCUT2D eigenvalue weighted by molar-refractivity contribution is 7.10. The zero-order valence-corrected chi connectivity index (χ0v) is 14.5. The molecule has 0 saturated heterocycles. The number of esters is 1. The molecule has 0 aliphatic carbocycles. The van der Waals surface area contributed by atoms with Gasteiger partial charge in [-0.25, -0.2) is 4.79 Å². The molecule has 0 N–H and O–H groups in total. The molecule has 2 heterocycles. The summed E-state index contributed by atoms with van der Waals surface area (Å²) in [6.07, 6.45) is 0.215. The number of thiophene rings is 1. The molecule has 0 radical (unpaired) electrons. The molecule has 4 rings (SSSR count). The second kappa shape index (κ2) is 6.98. The number of carbonyl (C=O) groups excluding carboxylic acids is 1. The summed E-state index contributed by atoms with van der Waals surface area (Å²) in [4.78, 5) is 25.3. The van der Waals surface area contributed by atoms with Crippen LogP contribution in [0, 0.1) is 0 Å². The van der Waals surface area contributed by atoms with Crippen molar-refractivity contribution in [2.24, 2.45) is 0 Å². The molecule has 0 fully saturated rings. The van der Waals surface area contributed by atoms with Crippen LogP contribution in [0.25, 0.3) is 22.1 Å². The Labute approximate surface area is 153 Å². The lowest BCUT2D eigenvalue weighted by atomic mass is 10.1. The highest BCUT2D eigenvalue weighted by Gasteiger charge is 2.11. The van der Waals surface area contributed by atoms with Crippen molar-refractivity contribution in [1.29, 1.82) is 0 Å². The molecule has 0 spiro atoms. The first-order valence-corrected chi connectivity index (χ1v) is 8.93. The Morgan fingerprint density at radius 1 is 1.00 bits per heavy atom. The zero-order valence-electron chi connectivity index (χ0n) is 13.7. The van der Waals surface area contributed by atoms with E-state index in [0.29, 0.717) is 16.9 Å². The largest absolute Gasteiger partial charge is 0.426 e. The fraction of sp³-hybridized carbons (Fsp3) is 0.0476. The summed E-state index contributed by atoms with van der Waals surface area (Å²) in [7, 11) is 0. The molecule has 0 bridgehead atoms. The summed E-state index contributed by atoms with van der Waals surface area (Å²) in [5.41, 5.74) is 1.26. The SMILES string of the molecule is O=C(Cc1cccs1)Oc1ccc2cc(-c3ccccc3)c(=O)oc2c1. The lowest BCUT2D eigenvalue weighted by Gasteiger charge is -2.06. The third kappa shape index (κ3) is 3.43. The van der Waals surface area contributed by atoms with E-state index >= 15 is 0 Å². The summed E-state index contributed by atoms with van der Waals surface area (Å²) < 4.78 is 10.8. The van der Waals surface area contributed by atoms with E-state index in [0.717, 1.165) is 15.8 Å². The van der Waals surface area contributed by atoms with Crippen LogP contribution in [-0.2, 0) is 11.2 Å². The van der Waals surface area contributed by atoms with E-state index in [1.807, 2.05) is 47.8 Å². The number of hydrogen-bond acceptors (Lipinski definition) is 5. The highest BCUT2D eigenvalue weighted by Crippen LogP contribution is 2.24. The quantitative estimate of drug-likeness (QED) is 0.301. The minimum absolute atomic E-state index is 0.215. The van der Waals surface area contributed by atoms with Gasteiger partial charge in [0.15, 0.2) is 0 Å². The Hall–Kier alpha value is -3.18. The third-order valence-electron chi connectivity index (χ3n) is 3.92. The average molecular weight is 362 g/mol. The molecule has 5 heteroatoms. The summed E-state index contributed by atoms with van der Waals surface area (Å²) in [5.74, 6) is 0.00437. The summed E-state index contributed by atoms with van der Waals surface area (Å²) in [5, 5.41) is 2.68. The Kier molecular flexibility index (Phi) is 4.37. The van der Waals surface area contributed by atoms with Gasteiger partial charge in [0.25, 0.3) is 0 Å². The van der Waals surface area contributed by atoms with Gasteiger partial charge in [0.1, 0.15) is 11.3 Å². The first-order chi connectivity index (χ1) is 12.7. The first-order valence-electron chi connectivity index (χ1n) is 8.05. The number of benzene rings is 2. The molecule has 4 nitrogen and oxygen atoms in total. The zero-order chi connectivity index (χ0) is 17.9. The van der Waals surface area contributed by atoms with Crippen molar-refractivity contribution in [2.75, 3.05) is 0 Å². The van der Waals surface area contributed by atoms with Gasteiger partial charge in [-0.05, 0) is 35.2 Å². The van der Waals surface area contributed by atoms with Crippen molar-refractivity contribution in [3.05, 3.63) is 87.4 Å². The lowest BCUT2D eigenvalue weighted by Crippen LogP contribution is -2.10. The topological polar surface area (TPSA) is 56.5 Å². The van der Waals surface area contributed by atoms with Crippen LogP contribution in [0.1, 0.15) is 4.88 Å². The van der Waals surface area contributed by atoms with Crippen LogP contribution in [0.5, 0.6) is 5.75 Å². The Balaban J connectivity index is 1.61. The van der Waals surface area contributed by atoms with Crippen molar-refractivity contribution < 1.29 is 13.9 Å². The van der Waals surface area contributed by atoms with Gasteiger partial charge in [-0.2, -0.15) is 0 Å². The molecule has 2 aromatic heterocycles. The Morgan fingerprint density at radius 3 is 2.62 bits per heavy atom. The fourth-order valence-electron chi connectivity index (χ4n) is 2.70. The minimum Gasteiger partial charge on any atom is -0.426 e. The molecule has 0 aliphatic rings. The maximum absolute atomic E-state index is 12.3. The Bertz CT molecular complexity index is 1110. The van der Waals surface area contributed by atoms with E-state index < -0.39 is 5.63 Å². The van der Waals surface area contributed by atoms with Gasteiger partial charge < -0.3 is 9.15 Å². The number of hydrogen-bond donors (Lipinski definition) is 0. The molecule has 26 heavy (non-hydrogen) atoms. The van der Waals surface area contributed by atoms with Gasteiger partial charge in [-0.3, -0.25) is 4.79 Å². The molecule has 0 atom stereocenters. The van der Waals surface area contributed by atoms with Crippen LogP contribution in [0.2, 0.25) is 0 Å². The first kappa shape index (κ1) is 16.3. The van der Waals surface area contributed by atoms with Gasteiger partial charge in [0, 0.05) is 16.3 Å². The molecule has 0 aliphatic heterocycles. The van der Waals surface area contributed by atoms with Gasteiger partial charge in [0.05, 0.1) is 12.0 Å². The highest BCUT2D eigenvalue weighted by atomic mass is 32.1. The van der Waals surface area contributed by atoms with Crippen LogP contribution >= 0.6 is 11.3 Å². The van der Waals surface area contributed by atoms with E-state index in [4.69, 9.17) is 9.15 Å². The van der Waals surface area contributed by atoms with E-state index in [9.17, 15) is 9.59 Å². The smallest absolute Gasteiger partial charge is 0.344 e. The van der Waals surface area contributed by atoms with Crippen molar-refractivity contribution in [2.45, 2.75) is 6.42 Å². The van der Waals surface area contributed by atoms with Crippen LogP contribution in [0.3, 0.4) is 0 Å².